The lowest BCUT2D eigenvalue weighted by Gasteiger charge is -2.35. The maximum atomic E-state index is 13.6. The molecule has 3 amide bonds. The van der Waals surface area contributed by atoms with E-state index in [-0.39, 0.29) is 12.5 Å². The van der Waals surface area contributed by atoms with Gasteiger partial charge in [-0.15, -0.1) is 0 Å². The minimum atomic E-state index is -1.05. The largest absolute Gasteiger partial charge is 0.445 e. The van der Waals surface area contributed by atoms with Crippen LogP contribution in [0.4, 0.5) is 9.59 Å². The predicted molar refractivity (Wildman–Crippen MR) is 131 cm³/mol. The van der Waals surface area contributed by atoms with Gasteiger partial charge in [-0.3, -0.25) is 4.79 Å². The Morgan fingerprint density at radius 3 is 2.50 bits per heavy atom. The minimum Gasteiger partial charge on any atom is -0.445 e. The van der Waals surface area contributed by atoms with E-state index >= 15 is 0 Å². The number of ether oxygens (including phenoxy) is 2. The van der Waals surface area contributed by atoms with Crippen molar-refractivity contribution in [1.29, 1.82) is 0 Å². The van der Waals surface area contributed by atoms with Gasteiger partial charge in [0.15, 0.2) is 0 Å². The number of carbonyl (C=O) groups excluding carboxylic acids is 3. The summed E-state index contributed by atoms with van der Waals surface area (Å²) in [5, 5.41) is 5.67. The van der Waals surface area contributed by atoms with E-state index in [9.17, 15) is 14.4 Å². The van der Waals surface area contributed by atoms with Crippen LogP contribution in [0.15, 0.2) is 30.3 Å². The predicted octanol–water partition coefficient (Wildman–Crippen LogP) is 4.77. The van der Waals surface area contributed by atoms with E-state index in [0.29, 0.717) is 38.9 Å². The van der Waals surface area contributed by atoms with Gasteiger partial charge in [0.25, 0.3) is 0 Å². The lowest BCUT2D eigenvalue weighted by Crippen LogP contribution is -2.59. The number of hydrogen-bond donors (Lipinski definition) is 2. The first-order chi connectivity index (χ1) is 16.1. The monoisotopic (exact) mass is 475 g/mol. The number of hydrogen-bond acceptors (Lipinski definition) is 5. The van der Waals surface area contributed by atoms with Gasteiger partial charge >= 0.3 is 12.2 Å². The van der Waals surface area contributed by atoms with E-state index in [4.69, 9.17) is 9.47 Å². The fourth-order valence-electron chi connectivity index (χ4n) is 4.06. The van der Waals surface area contributed by atoms with Crippen molar-refractivity contribution in [2.24, 2.45) is 0 Å². The van der Waals surface area contributed by atoms with Crippen LogP contribution in [0, 0.1) is 0 Å². The summed E-state index contributed by atoms with van der Waals surface area (Å²) in [7, 11) is 0. The van der Waals surface area contributed by atoms with Crippen LogP contribution in [-0.4, -0.2) is 53.8 Å². The highest BCUT2D eigenvalue weighted by Crippen LogP contribution is 2.28. The lowest BCUT2D eigenvalue weighted by molar-refractivity contribution is -0.138. The van der Waals surface area contributed by atoms with E-state index in [2.05, 4.69) is 17.6 Å². The molecule has 0 radical (unpaired) electrons. The van der Waals surface area contributed by atoms with Gasteiger partial charge in [0.1, 0.15) is 17.7 Å². The molecule has 190 valence electrons. The highest BCUT2D eigenvalue weighted by molar-refractivity contribution is 5.90. The minimum absolute atomic E-state index is 0.0626. The summed E-state index contributed by atoms with van der Waals surface area (Å²) >= 11 is 0. The van der Waals surface area contributed by atoms with Crippen molar-refractivity contribution in [3.8, 4) is 0 Å². The molecule has 1 saturated heterocycles. The third kappa shape index (κ3) is 9.23. The van der Waals surface area contributed by atoms with Crippen molar-refractivity contribution in [2.75, 3.05) is 19.6 Å². The van der Waals surface area contributed by atoms with Crippen molar-refractivity contribution >= 4 is 18.1 Å². The first-order valence-electron chi connectivity index (χ1n) is 12.4. The molecule has 1 aliphatic rings. The summed E-state index contributed by atoms with van der Waals surface area (Å²) in [5.41, 5.74) is -0.745. The van der Waals surface area contributed by atoms with Crippen LogP contribution in [0.1, 0.15) is 78.2 Å². The van der Waals surface area contributed by atoms with E-state index in [1.165, 1.54) is 0 Å². The Morgan fingerprint density at radius 2 is 1.82 bits per heavy atom. The Hall–Kier alpha value is -2.77. The molecule has 0 bridgehead atoms. The zero-order valence-electron chi connectivity index (χ0n) is 21.2. The molecule has 8 nitrogen and oxygen atoms in total. The van der Waals surface area contributed by atoms with Crippen molar-refractivity contribution in [3.05, 3.63) is 35.9 Å². The molecular formula is C26H41N3O5. The van der Waals surface area contributed by atoms with Crippen LogP contribution in [0.2, 0.25) is 0 Å². The molecule has 1 aromatic rings. The van der Waals surface area contributed by atoms with Crippen LogP contribution in [0.5, 0.6) is 0 Å². The molecule has 0 aliphatic carbocycles. The summed E-state index contributed by atoms with van der Waals surface area (Å²) in [6.07, 6.45) is 4.01. The second-order valence-electron chi connectivity index (χ2n) is 9.90. The molecule has 0 spiro atoms. The fourth-order valence-corrected chi connectivity index (χ4v) is 4.06. The van der Waals surface area contributed by atoms with Gasteiger partial charge in [0, 0.05) is 19.6 Å². The summed E-state index contributed by atoms with van der Waals surface area (Å²) in [4.78, 5) is 40.3. The van der Waals surface area contributed by atoms with Gasteiger partial charge in [-0.05, 0) is 64.9 Å². The van der Waals surface area contributed by atoms with Crippen molar-refractivity contribution in [1.82, 2.24) is 15.5 Å². The fraction of sp³-hybridized carbons (Fsp3) is 0.654. The Labute approximate surface area is 203 Å². The van der Waals surface area contributed by atoms with E-state index < -0.39 is 23.3 Å². The molecule has 0 saturated carbocycles. The third-order valence-corrected chi connectivity index (χ3v) is 5.76. The van der Waals surface area contributed by atoms with Crippen molar-refractivity contribution < 1.29 is 23.9 Å². The molecule has 1 aliphatic heterocycles. The average molecular weight is 476 g/mol. The van der Waals surface area contributed by atoms with E-state index in [1.807, 2.05) is 56.0 Å². The molecule has 1 unspecified atom stereocenters. The molecule has 34 heavy (non-hydrogen) atoms. The second-order valence-corrected chi connectivity index (χ2v) is 9.90. The van der Waals surface area contributed by atoms with E-state index in [0.717, 1.165) is 31.2 Å². The summed E-state index contributed by atoms with van der Waals surface area (Å²) in [5.74, 6) is -0.0626. The second kappa shape index (κ2) is 13.2. The van der Waals surface area contributed by atoms with Gasteiger partial charge in [-0.1, -0.05) is 43.7 Å². The average Bonchev–Trinajstić information content (AvgIpc) is 2.93. The van der Waals surface area contributed by atoms with Gasteiger partial charge in [-0.2, -0.15) is 0 Å². The van der Waals surface area contributed by atoms with Crippen LogP contribution < -0.4 is 10.6 Å². The molecule has 8 heteroatoms. The van der Waals surface area contributed by atoms with Crippen LogP contribution in [0.3, 0.4) is 0 Å². The number of rotatable bonds is 10. The Balaban J connectivity index is 2.06. The molecule has 1 aromatic carbocycles. The Bertz CT molecular complexity index is 793. The van der Waals surface area contributed by atoms with Crippen LogP contribution >= 0.6 is 0 Å². The molecule has 2 rings (SSSR count). The molecule has 1 fully saturated rings. The topological polar surface area (TPSA) is 97.0 Å². The molecule has 0 aromatic heterocycles. The van der Waals surface area contributed by atoms with Crippen molar-refractivity contribution in [3.63, 3.8) is 0 Å². The Kier molecular flexibility index (Phi) is 10.7. The highest BCUT2D eigenvalue weighted by Gasteiger charge is 2.43. The SMILES string of the molecule is CCCCN1CCCCC(CCCNC(=O)OC(C)(C)C)(NC(=O)OCc2ccccc2)C1=O. The quantitative estimate of drug-likeness (QED) is 0.475. The molecular weight excluding hydrogens is 434 g/mol. The lowest BCUT2D eigenvalue weighted by atomic mass is 9.87. The molecule has 2 N–H and O–H groups in total. The molecule has 1 atom stereocenters. The molecule has 1 heterocycles. The normalized spacial score (nSPS) is 18.7. The summed E-state index contributed by atoms with van der Waals surface area (Å²) in [6, 6.07) is 9.44. The first kappa shape index (κ1) is 27.5. The number of nitrogens with one attached hydrogen (secondary N) is 2. The van der Waals surface area contributed by atoms with Gasteiger partial charge in [-0.25, -0.2) is 9.59 Å². The summed E-state index contributed by atoms with van der Waals surface area (Å²) in [6.45, 7) is 9.36. The van der Waals surface area contributed by atoms with Gasteiger partial charge in [0.2, 0.25) is 5.91 Å². The van der Waals surface area contributed by atoms with Gasteiger partial charge < -0.3 is 25.0 Å². The number of likely N-dealkylation sites (tertiary alicyclic amines) is 1. The first-order valence-corrected chi connectivity index (χ1v) is 12.4. The summed E-state index contributed by atoms with van der Waals surface area (Å²) < 4.78 is 10.7. The zero-order valence-corrected chi connectivity index (χ0v) is 21.2. The highest BCUT2D eigenvalue weighted by atomic mass is 16.6. The van der Waals surface area contributed by atoms with Gasteiger partial charge in [0.05, 0.1) is 0 Å². The smallest absolute Gasteiger partial charge is 0.408 e. The van der Waals surface area contributed by atoms with Crippen LogP contribution in [0.25, 0.3) is 0 Å². The van der Waals surface area contributed by atoms with E-state index in [1.54, 1.807) is 0 Å². The number of unbranched alkanes of at least 4 members (excludes halogenated alkanes) is 1. The number of alkyl carbamates (subject to hydrolysis) is 2. The number of benzene rings is 1. The number of carbonyl (C=O) groups is 3. The third-order valence-electron chi connectivity index (χ3n) is 5.76. The van der Waals surface area contributed by atoms with Crippen LogP contribution in [-0.2, 0) is 20.9 Å². The zero-order chi connectivity index (χ0) is 25.0. The maximum Gasteiger partial charge on any atom is 0.408 e. The van der Waals surface area contributed by atoms with Crippen molar-refractivity contribution in [2.45, 2.75) is 90.4 Å². The number of nitrogens with zero attached hydrogens (tertiary/aromatic N) is 1. The standard InChI is InChI=1S/C26H41N3O5/c1-5-6-18-29-19-11-10-15-26(22(29)30,16-12-17-27-23(31)34-25(2,3)4)28-24(32)33-20-21-13-8-7-9-14-21/h7-9,13-14H,5-6,10-12,15-20H2,1-4H3,(H,27,31)(H,28,32). The number of amides is 3. The Morgan fingerprint density at radius 1 is 1.09 bits per heavy atom. The maximum absolute atomic E-state index is 13.6.